The minimum absolute atomic E-state index is 0.413. The van der Waals surface area contributed by atoms with Gasteiger partial charge in [-0.05, 0) is 29.7 Å². The van der Waals surface area contributed by atoms with Crippen LogP contribution in [0.2, 0.25) is 0 Å². The number of para-hydroxylation sites is 2. The fourth-order valence-electron chi connectivity index (χ4n) is 4.00. The van der Waals surface area contributed by atoms with Crippen LogP contribution in [0.15, 0.2) is 59.0 Å². The van der Waals surface area contributed by atoms with Crippen LogP contribution in [0.25, 0.3) is 43.7 Å². The molecule has 0 aliphatic rings. The predicted molar refractivity (Wildman–Crippen MR) is 102 cm³/mol. The van der Waals surface area contributed by atoms with Crippen molar-refractivity contribution in [1.29, 1.82) is 0 Å². The van der Waals surface area contributed by atoms with Gasteiger partial charge in [0.1, 0.15) is 11.2 Å². The van der Waals surface area contributed by atoms with Gasteiger partial charge in [-0.1, -0.05) is 50.2 Å². The van der Waals surface area contributed by atoms with E-state index in [1.54, 1.807) is 0 Å². The number of hydrogen-bond acceptors (Lipinski definition) is 1. The lowest BCUT2D eigenvalue weighted by Gasteiger charge is -2.08. The Labute approximate surface area is 140 Å². The van der Waals surface area contributed by atoms with E-state index in [0.717, 1.165) is 11.2 Å². The molecule has 0 bridgehead atoms. The van der Waals surface area contributed by atoms with Gasteiger partial charge in [-0.15, -0.1) is 0 Å². The molecule has 118 valence electrons. The van der Waals surface area contributed by atoms with Crippen molar-refractivity contribution in [2.45, 2.75) is 19.8 Å². The second-order valence-corrected chi connectivity index (χ2v) is 6.90. The van der Waals surface area contributed by atoms with E-state index < -0.39 is 0 Å². The van der Waals surface area contributed by atoms with Gasteiger partial charge in [0.2, 0.25) is 0 Å². The summed E-state index contributed by atoms with van der Waals surface area (Å²) in [6, 6.07) is 19.3. The van der Waals surface area contributed by atoms with Crippen LogP contribution in [0, 0.1) is 0 Å². The molecule has 2 nitrogen and oxygen atoms in total. The van der Waals surface area contributed by atoms with Crippen LogP contribution in [0.4, 0.5) is 0 Å². The van der Waals surface area contributed by atoms with E-state index in [4.69, 9.17) is 4.42 Å². The summed E-state index contributed by atoms with van der Waals surface area (Å²) in [5.74, 6) is 0.413. The van der Waals surface area contributed by atoms with Gasteiger partial charge in [0, 0.05) is 28.7 Å². The minimum atomic E-state index is 0.413. The van der Waals surface area contributed by atoms with Gasteiger partial charge in [0.25, 0.3) is 0 Å². The van der Waals surface area contributed by atoms with Crippen molar-refractivity contribution < 1.29 is 4.42 Å². The Morgan fingerprint density at radius 3 is 2.38 bits per heavy atom. The molecule has 0 N–H and O–H groups in total. The van der Waals surface area contributed by atoms with Gasteiger partial charge < -0.3 is 8.98 Å². The quantitative estimate of drug-likeness (QED) is 0.352. The molecule has 0 aliphatic carbocycles. The second-order valence-electron chi connectivity index (χ2n) is 6.90. The Kier molecular flexibility index (Phi) is 2.64. The molecule has 3 aromatic carbocycles. The van der Waals surface area contributed by atoms with E-state index in [0.29, 0.717) is 5.92 Å². The molecule has 2 heteroatoms. The Morgan fingerprint density at radius 1 is 0.875 bits per heavy atom. The zero-order chi connectivity index (χ0) is 16.4. The van der Waals surface area contributed by atoms with Gasteiger partial charge in [-0.2, -0.15) is 0 Å². The van der Waals surface area contributed by atoms with Crippen molar-refractivity contribution in [2.75, 3.05) is 0 Å². The maximum absolute atomic E-state index is 6.29. The highest BCUT2D eigenvalue weighted by Crippen LogP contribution is 2.42. The van der Waals surface area contributed by atoms with Gasteiger partial charge in [-0.3, -0.25) is 0 Å². The summed E-state index contributed by atoms with van der Waals surface area (Å²) in [4.78, 5) is 0. The Hall–Kier alpha value is -2.74. The molecule has 24 heavy (non-hydrogen) atoms. The Bertz CT molecular complexity index is 1240. The summed E-state index contributed by atoms with van der Waals surface area (Å²) in [5, 5.41) is 5.07. The lowest BCUT2D eigenvalue weighted by Crippen LogP contribution is -1.91. The van der Waals surface area contributed by atoms with Crippen LogP contribution >= 0.6 is 0 Å². The first-order valence-corrected chi connectivity index (χ1v) is 8.48. The number of rotatable bonds is 1. The lowest BCUT2D eigenvalue weighted by molar-refractivity contribution is 0.657. The average Bonchev–Trinajstić information content (AvgIpc) is 3.11. The van der Waals surface area contributed by atoms with E-state index in [-0.39, 0.29) is 0 Å². The number of nitrogens with zero attached hydrogens (tertiary/aromatic N) is 1. The number of fused-ring (bicyclic) bond motifs is 7. The third kappa shape index (κ3) is 1.60. The number of furan rings is 1. The molecule has 0 saturated carbocycles. The third-order valence-electron chi connectivity index (χ3n) is 5.16. The maximum atomic E-state index is 6.29. The number of hydrogen-bond donors (Lipinski definition) is 0. The van der Waals surface area contributed by atoms with Crippen molar-refractivity contribution in [2.24, 2.45) is 7.05 Å². The zero-order valence-electron chi connectivity index (χ0n) is 14.1. The van der Waals surface area contributed by atoms with E-state index in [1.807, 2.05) is 6.07 Å². The van der Waals surface area contributed by atoms with Crippen LogP contribution in [0.3, 0.4) is 0 Å². The molecule has 0 amide bonds. The summed E-state index contributed by atoms with van der Waals surface area (Å²) in [7, 11) is 2.15. The first kappa shape index (κ1) is 13.7. The predicted octanol–water partition coefficient (Wildman–Crippen LogP) is 6.35. The monoisotopic (exact) mass is 313 g/mol. The molecule has 0 atom stereocenters. The smallest absolute Gasteiger partial charge is 0.141 e. The fourth-order valence-corrected chi connectivity index (χ4v) is 4.00. The molecule has 0 saturated heterocycles. The molecular formula is C22H19NO. The van der Waals surface area contributed by atoms with E-state index in [2.05, 4.69) is 74.0 Å². The van der Waals surface area contributed by atoms with E-state index >= 15 is 0 Å². The van der Waals surface area contributed by atoms with Crippen molar-refractivity contribution >= 4 is 43.7 Å². The second kappa shape index (κ2) is 4.64. The first-order valence-electron chi connectivity index (χ1n) is 8.48. The zero-order valence-corrected chi connectivity index (χ0v) is 14.1. The molecule has 5 rings (SSSR count). The fraction of sp³-hybridized carbons (Fsp3) is 0.182. The van der Waals surface area contributed by atoms with Crippen molar-refractivity contribution in [3.8, 4) is 0 Å². The molecule has 0 fully saturated rings. The molecule has 5 aromatic rings. The van der Waals surface area contributed by atoms with Crippen LogP contribution in [-0.2, 0) is 7.05 Å². The molecular weight excluding hydrogens is 294 g/mol. The van der Waals surface area contributed by atoms with Crippen molar-refractivity contribution in [1.82, 2.24) is 4.57 Å². The van der Waals surface area contributed by atoms with Crippen LogP contribution in [0.5, 0.6) is 0 Å². The van der Waals surface area contributed by atoms with Crippen molar-refractivity contribution in [3.63, 3.8) is 0 Å². The Balaban J connectivity index is 2.17. The van der Waals surface area contributed by atoms with Gasteiger partial charge in [0.15, 0.2) is 0 Å². The Morgan fingerprint density at radius 2 is 1.58 bits per heavy atom. The van der Waals surface area contributed by atoms with Crippen LogP contribution < -0.4 is 0 Å². The van der Waals surface area contributed by atoms with E-state index in [1.165, 1.54) is 38.1 Å². The van der Waals surface area contributed by atoms with Crippen LogP contribution in [0.1, 0.15) is 25.3 Å². The number of aryl methyl sites for hydroxylation is 1. The lowest BCUT2D eigenvalue weighted by atomic mass is 9.97. The third-order valence-corrected chi connectivity index (χ3v) is 5.16. The largest absolute Gasteiger partial charge is 0.456 e. The minimum Gasteiger partial charge on any atom is -0.456 e. The average molecular weight is 313 g/mol. The summed E-state index contributed by atoms with van der Waals surface area (Å²) in [5.41, 5.74) is 5.81. The molecule has 0 radical (unpaired) electrons. The van der Waals surface area contributed by atoms with Gasteiger partial charge in [-0.25, -0.2) is 0 Å². The molecule has 0 aliphatic heterocycles. The van der Waals surface area contributed by atoms with E-state index in [9.17, 15) is 0 Å². The number of benzene rings is 3. The highest BCUT2D eigenvalue weighted by molar-refractivity contribution is 6.24. The standard InChI is InChI=1S/C22H19NO/c1-13(2)16-12-17-14-8-4-6-10-18(14)23(3)21(17)20-15-9-5-7-11-19(15)24-22(16)20/h4-13H,1-3H3. The van der Waals surface area contributed by atoms with Gasteiger partial charge in [0.05, 0.1) is 10.9 Å². The molecule has 2 aromatic heterocycles. The topological polar surface area (TPSA) is 18.1 Å². The normalized spacial score (nSPS) is 12.3. The molecule has 0 spiro atoms. The summed E-state index contributed by atoms with van der Waals surface area (Å²) in [6.07, 6.45) is 0. The first-order chi connectivity index (χ1) is 11.7. The highest BCUT2D eigenvalue weighted by Gasteiger charge is 2.20. The SMILES string of the molecule is CC(C)c1cc2c3ccccc3n(C)c2c2c1oc1ccccc12. The summed E-state index contributed by atoms with van der Waals surface area (Å²) >= 11 is 0. The summed E-state index contributed by atoms with van der Waals surface area (Å²) in [6.45, 7) is 4.47. The summed E-state index contributed by atoms with van der Waals surface area (Å²) < 4.78 is 8.60. The molecule has 2 heterocycles. The maximum Gasteiger partial charge on any atom is 0.141 e. The van der Waals surface area contributed by atoms with Crippen LogP contribution in [-0.4, -0.2) is 4.57 Å². The highest BCUT2D eigenvalue weighted by atomic mass is 16.3. The van der Waals surface area contributed by atoms with Gasteiger partial charge >= 0.3 is 0 Å². The van der Waals surface area contributed by atoms with Crippen molar-refractivity contribution in [3.05, 3.63) is 60.2 Å². The number of aromatic nitrogens is 1. The molecule has 0 unspecified atom stereocenters.